The van der Waals surface area contributed by atoms with Crippen LogP contribution < -0.4 is 5.32 Å². The lowest BCUT2D eigenvalue weighted by Gasteiger charge is -2.23. The van der Waals surface area contributed by atoms with Gasteiger partial charge in [0.05, 0.1) is 5.88 Å². The number of carbonyl (C=O) groups excluding carboxylic acids is 2. The fourth-order valence-corrected chi connectivity index (χ4v) is 3.96. The molecule has 1 heterocycles. The number of thioether (sulfide) groups is 1. The Bertz CT molecular complexity index is 761. The van der Waals surface area contributed by atoms with Crippen molar-refractivity contribution >= 4 is 29.3 Å². The average molecular weight is 354 g/mol. The average Bonchev–Trinajstić information content (AvgIpc) is 3.12. The van der Waals surface area contributed by atoms with E-state index < -0.39 is 6.04 Å². The Morgan fingerprint density at radius 3 is 2.60 bits per heavy atom. The predicted molar refractivity (Wildman–Crippen MR) is 103 cm³/mol. The maximum Gasteiger partial charge on any atom is 0.255 e. The number of rotatable bonds is 4. The molecule has 2 amide bonds. The molecule has 2 aromatic carbocycles. The number of anilines is 1. The van der Waals surface area contributed by atoms with Gasteiger partial charge in [0.15, 0.2) is 0 Å². The maximum absolute atomic E-state index is 12.7. The van der Waals surface area contributed by atoms with Crippen molar-refractivity contribution in [3.8, 4) is 0 Å². The van der Waals surface area contributed by atoms with Gasteiger partial charge in [-0.1, -0.05) is 44.2 Å². The third-order valence-corrected chi connectivity index (χ3v) is 5.30. The molecule has 1 N–H and O–H groups in total. The monoisotopic (exact) mass is 354 g/mol. The summed E-state index contributed by atoms with van der Waals surface area (Å²) < 4.78 is 0. The van der Waals surface area contributed by atoms with Gasteiger partial charge in [0.25, 0.3) is 5.91 Å². The van der Waals surface area contributed by atoms with Crippen LogP contribution in [0.25, 0.3) is 0 Å². The Kier molecular flexibility index (Phi) is 5.43. The molecule has 1 saturated heterocycles. The van der Waals surface area contributed by atoms with Crippen molar-refractivity contribution in [1.82, 2.24) is 4.90 Å². The number of nitrogens with one attached hydrogen (secondary N) is 1. The third kappa shape index (κ3) is 4.04. The summed E-state index contributed by atoms with van der Waals surface area (Å²) in [5.41, 5.74) is 2.57. The molecule has 4 nitrogen and oxygen atoms in total. The lowest BCUT2D eigenvalue weighted by molar-refractivity contribution is -0.119. The Morgan fingerprint density at radius 1 is 1.12 bits per heavy atom. The minimum atomic E-state index is -0.444. The first-order valence-corrected chi connectivity index (χ1v) is 9.56. The number of nitrogens with zero attached hydrogens (tertiary/aromatic N) is 1. The Hall–Kier alpha value is -2.27. The highest BCUT2D eigenvalue weighted by molar-refractivity contribution is 7.99. The summed E-state index contributed by atoms with van der Waals surface area (Å²) in [6.07, 6.45) is 0. The van der Waals surface area contributed by atoms with Crippen LogP contribution in [0.2, 0.25) is 0 Å². The summed E-state index contributed by atoms with van der Waals surface area (Å²) in [5, 5.41) is 2.97. The van der Waals surface area contributed by atoms with E-state index in [4.69, 9.17) is 0 Å². The Morgan fingerprint density at radius 2 is 1.88 bits per heavy atom. The standard InChI is InChI=1S/C20H22N2O2S/c1-14(2)16-9-6-10-17(11-16)21-19(23)18-12-25-13-22(18)20(24)15-7-4-3-5-8-15/h3-11,14,18H,12-13H2,1-2H3,(H,21,23). The van der Waals surface area contributed by atoms with Gasteiger partial charge in [-0.3, -0.25) is 9.59 Å². The topological polar surface area (TPSA) is 49.4 Å². The fraction of sp³-hybridized carbons (Fsp3) is 0.300. The van der Waals surface area contributed by atoms with Crippen molar-refractivity contribution in [3.63, 3.8) is 0 Å². The van der Waals surface area contributed by atoms with Crippen LogP contribution in [-0.2, 0) is 4.79 Å². The molecule has 0 aromatic heterocycles. The molecule has 1 atom stereocenters. The lowest BCUT2D eigenvalue weighted by Crippen LogP contribution is -2.44. The zero-order valence-electron chi connectivity index (χ0n) is 14.4. The van der Waals surface area contributed by atoms with Crippen molar-refractivity contribution in [2.45, 2.75) is 25.8 Å². The molecule has 25 heavy (non-hydrogen) atoms. The molecule has 1 unspecified atom stereocenters. The van der Waals surface area contributed by atoms with E-state index in [9.17, 15) is 9.59 Å². The highest BCUT2D eigenvalue weighted by atomic mass is 32.2. The van der Waals surface area contributed by atoms with E-state index in [1.165, 1.54) is 5.56 Å². The van der Waals surface area contributed by atoms with Crippen molar-refractivity contribution in [1.29, 1.82) is 0 Å². The molecule has 0 spiro atoms. The van der Waals surface area contributed by atoms with Gasteiger partial charge in [0.1, 0.15) is 6.04 Å². The summed E-state index contributed by atoms with van der Waals surface area (Å²) in [6, 6.07) is 16.5. The van der Waals surface area contributed by atoms with E-state index in [0.717, 1.165) is 5.69 Å². The number of carbonyl (C=O) groups is 2. The van der Waals surface area contributed by atoms with Gasteiger partial charge >= 0.3 is 0 Å². The summed E-state index contributed by atoms with van der Waals surface area (Å²) in [4.78, 5) is 27.1. The van der Waals surface area contributed by atoms with Gasteiger partial charge < -0.3 is 10.2 Å². The minimum Gasteiger partial charge on any atom is -0.324 e. The van der Waals surface area contributed by atoms with E-state index >= 15 is 0 Å². The second-order valence-corrected chi connectivity index (χ2v) is 7.43. The molecule has 1 aliphatic rings. The molecule has 3 rings (SSSR count). The van der Waals surface area contributed by atoms with Gasteiger partial charge in [-0.15, -0.1) is 11.8 Å². The van der Waals surface area contributed by atoms with Crippen molar-refractivity contribution in [2.75, 3.05) is 16.9 Å². The van der Waals surface area contributed by atoms with Gasteiger partial charge in [-0.05, 0) is 35.7 Å². The molecule has 2 aromatic rings. The van der Waals surface area contributed by atoms with Gasteiger partial charge in [-0.25, -0.2) is 0 Å². The van der Waals surface area contributed by atoms with Crippen LogP contribution in [0.3, 0.4) is 0 Å². The first-order valence-electron chi connectivity index (χ1n) is 8.41. The predicted octanol–water partition coefficient (Wildman–Crippen LogP) is 3.96. The van der Waals surface area contributed by atoms with Crippen molar-refractivity contribution in [2.24, 2.45) is 0 Å². The lowest BCUT2D eigenvalue weighted by atomic mass is 10.0. The van der Waals surface area contributed by atoms with Gasteiger partial charge in [0, 0.05) is 17.0 Å². The minimum absolute atomic E-state index is 0.0957. The summed E-state index contributed by atoms with van der Waals surface area (Å²) in [6.45, 7) is 4.24. The molecule has 5 heteroatoms. The number of amides is 2. The van der Waals surface area contributed by atoms with Crippen LogP contribution in [0.15, 0.2) is 54.6 Å². The van der Waals surface area contributed by atoms with Crippen molar-refractivity contribution < 1.29 is 9.59 Å². The van der Waals surface area contributed by atoms with Crippen molar-refractivity contribution in [3.05, 3.63) is 65.7 Å². The van der Waals surface area contributed by atoms with Crippen LogP contribution >= 0.6 is 11.8 Å². The molecule has 1 fully saturated rings. The van der Waals surface area contributed by atoms with Gasteiger partial charge in [0.2, 0.25) is 5.91 Å². The van der Waals surface area contributed by atoms with Crippen LogP contribution in [0.1, 0.15) is 35.7 Å². The largest absolute Gasteiger partial charge is 0.324 e. The number of benzene rings is 2. The Labute approximate surface area is 152 Å². The molecular weight excluding hydrogens is 332 g/mol. The van der Waals surface area contributed by atoms with E-state index in [1.54, 1.807) is 28.8 Å². The van der Waals surface area contributed by atoms with Crippen LogP contribution in [0, 0.1) is 0 Å². The molecule has 0 bridgehead atoms. The van der Waals surface area contributed by atoms with E-state index in [0.29, 0.717) is 23.1 Å². The first kappa shape index (κ1) is 17.5. The summed E-state index contributed by atoms with van der Waals surface area (Å²) >= 11 is 1.60. The molecule has 1 aliphatic heterocycles. The van der Waals surface area contributed by atoms with Gasteiger partial charge in [-0.2, -0.15) is 0 Å². The number of hydrogen-bond donors (Lipinski definition) is 1. The van der Waals surface area contributed by atoms with Crippen LogP contribution in [-0.4, -0.2) is 34.4 Å². The molecule has 0 aliphatic carbocycles. The fourth-order valence-electron chi connectivity index (χ4n) is 2.81. The second kappa shape index (κ2) is 7.74. The zero-order chi connectivity index (χ0) is 17.8. The molecular formula is C20H22N2O2S. The van der Waals surface area contributed by atoms with E-state index in [-0.39, 0.29) is 11.8 Å². The third-order valence-electron chi connectivity index (χ3n) is 4.29. The second-order valence-electron chi connectivity index (χ2n) is 6.43. The summed E-state index contributed by atoms with van der Waals surface area (Å²) in [7, 11) is 0. The van der Waals surface area contributed by atoms with Crippen LogP contribution in [0.4, 0.5) is 5.69 Å². The normalized spacial score (nSPS) is 16.9. The van der Waals surface area contributed by atoms with E-state index in [1.807, 2.05) is 36.4 Å². The van der Waals surface area contributed by atoms with Crippen LogP contribution in [0.5, 0.6) is 0 Å². The van der Waals surface area contributed by atoms with E-state index in [2.05, 4.69) is 25.2 Å². The maximum atomic E-state index is 12.7. The SMILES string of the molecule is CC(C)c1cccc(NC(=O)C2CSCN2C(=O)c2ccccc2)c1. The Balaban J connectivity index is 1.73. The zero-order valence-corrected chi connectivity index (χ0v) is 15.3. The summed E-state index contributed by atoms with van der Waals surface area (Å²) in [5.74, 6) is 1.33. The highest BCUT2D eigenvalue weighted by Crippen LogP contribution is 2.25. The molecule has 0 saturated carbocycles. The quantitative estimate of drug-likeness (QED) is 0.904. The highest BCUT2D eigenvalue weighted by Gasteiger charge is 2.35. The molecule has 130 valence electrons. The first-order chi connectivity index (χ1) is 12.1. The molecule has 0 radical (unpaired) electrons. The number of hydrogen-bond acceptors (Lipinski definition) is 3. The smallest absolute Gasteiger partial charge is 0.255 e.